The first-order valence-electron chi connectivity index (χ1n) is 4.83. The van der Waals surface area contributed by atoms with Gasteiger partial charge in [0.05, 0.1) is 0 Å². The van der Waals surface area contributed by atoms with Crippen LogP contribution in [0.3, 0.4) is 0 Å². The highest BCUT2D eigenvalue weighted by Gasteiger charge is 2.31. The summed E-state index contributed by atoms with van der Waals surface area (Å²) >= 11 is 0. The van der Waals surface area contributed by atoms with Crippen molar-refractivity contribution in [3.8, 4) is 0 Å². The SMILES string of the molecule is CC(C)(C)S(=O)C1CCCC(=O)C1. The van der Waals surface area contributed by atoms with Crippen LogP contribution in [0.1, 0.15) is 46.5 Å². The summed E-state index contributed by atoms with van der Waals surface area (Å²) in [4.78, 5) is 11.2. The minimum atomic E-state index is -0.865. The smallest absolute Gasteiger partial charge is 0.134 e. The molecule has 1 aliphatic carbocycles. The number of hydrogen-bond acceptors (Lipinski definition) is 2. The second-order valence-corrected chi connectivity index (χ2v) is 7.15. The maximum absolute atomic E-state index is 11.9. The lowest BCUT2D eigenvalue weighted by atomic mass is 9.99. The first kappa shape index (κ1) is 10.9. The van der Waals surface area contributed by atoms with Gasteiger partial charge in [0.25, 0.3) is 0 Å². The molecule has 3 heteroatoms. The van der Waals surface area contributed by atoms with E-state index in [2.05, 4.69) is 0 Å². The summed E-state index contributed by atoms with van der Waals surface area (Å²) < 4.78 is 11.7. The van der Waals surface area contributed by atoms with Crippen molar-refractivity contribution < 1.29 is 9.00 Å². The molecule has 0 aromatic carbocycles. The molecule has 0 amide bonds. The van der Waals surface area contributed by atoms with Gasteiger partial charge in [-0.15, -0.1) is 0 Å². The topological polar surface area (TPSA) is 34.1 Å². The van der Waals surface area contributed by atoms with Gasteiger partial charge in [-0.3, -0.25) is 9.00 Å². The molecular formula is C10H18O2S. The van der Waals surface area contributed by atoms with E-state index < -0.39 is 10.8 Å². The summed E-state index contributed by atoms with van der Waals surface area (Å²) in [6, 6.07) is 0. The van der Waals surface area contributed by atoms with Crippen LogP contribution in [0.4, 0.5) is 0 Å². The van der Waals surface area contributed by atoms with E-state index in [-0.39, 0.29) is 15.8 Å². The van der Waals surface area contributed by atoms with Gasteiger partial charge in [-0.2, -0.15) is 0 Å². The molecule has 0 radical (unpaired) electrons. The molecule has 0 heterocycles. The van der Waals surface area contributed by atoms with E-state index >= 15 is 0 Å². The molecule has 1 saturated carbocycles. The maximum Gasteiger partial charge on any atom is 0.134 e. The molecule has 2 atom stereocenters. The highest BCUT2D eigenvalue weighted by Crippen LogP contribution is 2.26. The van der Waals surface area contributed by atoms with E-state index in [0.717, 1.165) is 12.8 Å². The van der Waals surface area contributed by atoms with E-state index in [4.69, 9.17) is 0 Å². The van der Waals surface area contributed by atoms with Crippen molar-refractivity contribution in [2.45, 2.75) is 56.5 Å². The van der Waals surface area contributed by atoms with Crippen LogP contribution in [-0.2, 0) is 15.6 Å². The molecule has 1 fully saturated rings. The number of carbonyl (C=O) groups excluding carboxylic acids is 1. The summed E-state index contributed by atoms with van der Waals surface area (Å²) in [5.74, 6) is 0.286. The fourth-order valence-electron chi connectivity index (χ4n) is 1.67. The van der Waals surface area contributed by atoms with Crippen molar-refractivity contribution >= 4 is 16.6 Å². The average molecular weight is 202 g/mol. The van der Waals surface area contributed by atoms with E-state index in [1.165, 1.54) is 0 Å². The Balaban J connectivity index is 2.62. The van der Waals surface area contributed by atoms with Crippen LogP contribution < -0.4 is 0 Å². The van der Waals surface area contributed by atoms with Crippen LogP contribution in [0.15, 0.2) is 0 Å². The number of rotatable bonds is 1. The van der Waals surface area contributed by atoms with E-state index in [1.54, 1.807) is 0 Å². The summed E-state index contributed by atoms with van der Waals surface area (Å²) in [6.45, 7) is 5.92. The van der Waals surface area contributed by atoms with E-state index in [1.807, 2.05) is 20.8 Å². The minimum Gasteiger partial charge on any atom is -0.300 e. The third-order valence-electron chi connectivity index (χ3n) is 2.34. The van der Waals surface area contributed by atoms with Crippen LogP contribution in [0.5, 0.6) is 0 Å². The Bertz CT molecular complexity index is 228. The fourth-order valence-corrected chi connectivity index (χ4v) is 3.39. The van der Waals surface area contributed by atoms with Crippen LogP contribution in [0, 0.1) is 0 Å². The van der Waals surface area contributed by atoms with Crippen LogP contribution in [0.25, 0.3) is 0 Å². The van der Waals surface area contributed by atoms with Crippen molar-refractivity contribution in [1.29, 1.82) is 0 Å². The first-order valence-corrected chi connectivity index (χ1v) is 6.05. The highest BCUT2D eigenvalue weighted by atomic mass is 32.2. The number of ketones is 1. The number of hydrogen-bond donors (Lipinski definition) is 0. The predicted octanol–water partition coefficient (Wildman–Crippen LogP) is 2.05. The molecule has 0 N–H and O–H groups in total. The number of carbonyl (C=O) groups is 1. The molecule has 0 aromatic rings. The third-order valence-corrected chi connectivity index (χ3v) is 4.56. The second kappa shape index (κ2) is 3.91. The molecule has 2 nitrogen and oxygen atoms in total. The molecule has 13 heavy (non-hydrogen) atoms. The summed E-state index contributed by atoms with van der Waals surface area (Å²) in [5, 5.41) is 0.112. The molecule has 0 bridgehead atoms. The van der Waals surface area contributed by atoms with Gasteiger partial charge < -0.3 is 0 Å². The third kappa shape index (κ3) is 2.90. The van der Waals surface area contributed by atoms with Crippen LogP contribution >= 0.6 is 0 Å². The van der Waals surface area contributed by atoms with Crippen molar-refractivity contribution in [1.82, 2.24) is 0 Å². The summed E-state index contributed by atoms with van der Waals surface area (Å²) in [7, 11) is -0.865. The molecule has 1 aliphatic rings. The normalized spacial score (nSPS) is 27.3. The largest absolute Gasteiger partial charge is 0.300 e. The zero-order chi connectivity index (χ0) is 10.1. The van der Waals surface area contributed by atoms with Gasteiger partial charge in [-0.05, 0) is 33.6 Å². The standard InChI is InChI=1S/C10H18O2S/c1-10(2,3)13(12)9-6-4-5-8(11)7-9/h9H,4-7H2,1-3H3. The minimum absolute atomic E-state index is 0.112. The number of Topliss-reactive ketones (excluding diaryl/α,β-unsaturated/α-hetero) is 1. The lowest BCUT2D eigenvalue weighted by Gasteiger charge is -2.27. The van der Waals surface area contributed by atoms with Crippen molar-refractivity contribution in [2.24, 2.45) is 0 Å². The van der Waals surface area contributed by atoms with Crippen LogP contribution in [-0.4, -0.2) is 20.0 Å². The molecule has 0 aliphatic heterocycles. The predicted molar refractivity (Wildman–Crippen MR) is 55.2 cm³/mol. The van der Waals surface area contributed by atoms with Gasteiger partial charge in [-0.1, -0.05) is 0 Å². The fraction of sp³-hybridized carbons (Fsp3) is 0.900. The van der Waals surface area contributed by atoms with Crippen molar-refractivity contribution in [3.63, 3.8) is 0 Å². The Morgan fingerprint density at radius 2 is 2.00 bits per heavy atom. The van der Waals surface area contributed by atoms with Crippen molar-refractivity contribution in [2.75, 3.05) is 0 Å². The summed E-state index contributed by atoms with van der Waals surface area (Å²) in [5.41, 5.74) is 0. The zero-order valence-corrected chi connectivity index (χ0v) is 9.45. The lowest BCUT2D eigenvalue weighted by Crippen LogP contribution is -2.34. The molecule has 0 spiro atoms. The zero-order valence-electron chi connectivity index (χ0n) is 8.63. The second-order valence-electron chi connectivity index (χ2n) is 4.67. The summed E-state index contributed by atoms with van der Waals surface area (Å²) in [6.07, 6.45) is 3.10. The van der Waals surface area contributed by atoms with Gasteiger partial charge in [0, 0.05) is 33.6 Å². The monoisotopic (exact) mass is 202 g/mol. The molecule has 2 unspecified atom stereocenters. The van der Waals surface area contributed by atoms with Crippen LogP contribution in [0.2, 0.25) is 0 Å². The first-order chi connectivity index (χ1) is 5.91. The maximum atomic E-state index is 11.9. The van der Waals surface area contributed by atoms with Gasteiger partial charge in [0.2, 0.25) is 0 Å². The average Bonchev–Trinajstić information content (AvgIpc) is 2.01. The lowest BCUT2D eigenvalue weighted by molar-refractivity contribution is -0.120. The molecule has 0 aromatic heterocycles. The van der Waals surface area contributed by atoms with E-state index in [0.29, 0.717) is 12.8 Å². The molecule has 1 rings (SSSR count). The van der Waals surface area contributed by atoms with Crippen molar-refractivity contribution in [3.05, 3.63) is 0 Å². The van der Waals surface area contributed by atoms with Gasteiger partial charge >= 0.3 is 0 Å². The highest BCUT2D eigenvalue weighted by molar-refractivity contribution is 7.87. The van der Waals surface area contributed by atoms with Gasteiger partial charge in [0.15, 0.2) is 0 Å². The Morgan fingerprint density at radius 3 is 2.46 bits per heavy atom. The molecular weight excluding hydrogens is 184 g/mol. The Kier molecular flexibility index (Phi) is 3.28. The molecule has 0 saturated heterocycles. The Morgan fingerprint density at radius 1 is 1.38 bits per heavy atom. The Hall–Kier alpha value is -0.180. The van der Waals surface area contributed by atoms with Gasteiger partial charge in [0.1, 0.15) is 5.78 Å². The molecule has 76 valence electrons. The quantitative estimate of drug-likeness (QED) is 0.652. The van der Waals surface area contributed by atoms with E-state index in [9.17, 15) is 9.00 Å². The Labute approximate surface area is 82.6 Å². The van der Waals surface area contributed by atoms with Gasteiger partial charge in [-0.25, -0.2) is 0 Å².